The molecule has 6 aromatic rings. The first-order valence-electron chi connectivity index (χ1n) is 28.8. The number of carbonyl (C=O) groups excluding carboxylic acids is 2. The van der Waals surface area contributed by atoms with Crippen molar-refractivity contribution in [1.29, 1.82) is 0 Å². The first kappa shape index (κ1) is 58.6. The zero-order chi connectivity index (χ0) is 54.2. The van der Waals surface area contributed by atoms with Crippen molar-refractivity contribution in [1.82, 2.24) is 0 Å². The average Bonchev–Trinajstić information content (AvgIpc) is 3.43. The Bertz CT molecular complexity index is 2710. The van der Waals surface area contributed by atoms with Gasteiger partial charge in [-0.2, -0.15) is 0 Å². The number of anilines is 6. The minimum Gasteiger partial charge on any atom is -0.463 e. The first-order chi connectivity index (χ1) is 37.0. The maximum absolute atomic E-state index is 12.5. The fraction of sp³-hybridized carbons (Fsp3) is 0.400. The lowest BCUT2D eigenvalue weighted by atomic mass is 9.95. The number of rotatable bonds is 32. The van der Waals surface area contributed by atoms with Crippen LogP contribution in [0.1, 0.15) is 174 Å². The zero-order valence-corrected chi connectivity index (χ0v) is 47.4. The molecule has 76 heavy (non-hydrogen) atoms. The summed E-state index contributed by atoms with van der Waals surface area (Å²) in [5.74, 6) is -0.743. The summed E-state index contributed by atoms with van der Waals surface area (Å²) in [6.07, 6.45) is 23.4. The van der Waals surface area contributed by atoms with Gasteiger partial charge in [0.15, 0.2) is 0 Å². The molecule has 1 unspecified atom stereocenters. The third kappa shape index (κ3) is 16.9. The van der Waals surface area contributed by atoms with E-state index >= 15 is 0 Å². The lowest BCUT2D eigenvalue weighted by Gasteiger charge is -2.28. The monoisotopic (exact) mass is 1020 g/mol. The molecule has 6 aromatic carbocycles. The minimum atomic E-state index is -0.392. The SMILES string of the molecule is C=CC(=O)OCCCCCCc1ccc(N(c2ccc(-c3ccc(N(c4ccc(C(CCCCC)OC(=O)C=C)cc4)c4cc(C)c(CCCCCC)c(C)c4)cc3)cc2)c2cc(C)c(CCCCCC)c(C)c2)cc1. The fourth-order valence-corrected chi connectivity index (χ4v) is 10.7. The van der Waals surface area contributed by atoms with E-state index in [4.69, 9.17) is 9.47 Å². The van der Waals surface area contributed by atoms with Crippen molar-refractivity contribution in [2.24, 2.45) is 0 Å². The lowest BCUT2D eigenvalue weighted by Crippen LogP contribution is -2.13. The number of ether oxygens (including phenoxy) is 2. The smallest absolute Gasteiger partial charge is 0.330 e. The Labute approximate surface area is 458 Å². The van der Waals surface area contributed by atoms with Crippen LogP contribution in [0.2, 0.25) is 0 Å². The highest BCUT2D eigenvalue weighted by molar-refractivity contribution is 5.83. The summed E-state index contributed by atoms with van der Waals surface area (Å²) >= 11 is 0. The van der Waals surface area contributed by atoms with E-state index in [9.17, 15) is 9.59 Å². The Morgan fingerprint density at radius 3 is 1.26 bits per heavy atom. The Morgan fingerprint density at radius 1 is 0.447 bits per heavy atom. The quantitative estimate of drug-likeness (QED) is 0.0238. The molecule has 6 nitrogen and oxygen atoms in total. The van der Waals surface area contributed by atoms with Crippen molar-refractivity contribution in [3.05, 3.63) is 191 Å². The standard InChI is InChI=1S/C70H88N2O4/c1-10-15-18-24-28-66-52(6)48-64(49-53(66)7)71(60-39-31-56(32-40-60)27-23-20-21-26-47-75-69(73)13-4)61-41-33-57(34-42-61)58-35-43-62(44-36-58)72(65-50-54(8)67(55(9)51-65)29-25-19-16-11-2)63-45-37-59(38-46-63)68(30-22-17-12-3)76-70(74)14-5/h13-14,31-46,48-51,68H,4-5,10-12,15-30,47H2,1-3,6-9H3. The molecule has 0 aliphatic rings. The minimum absolute atomic E-state index is 0.325. The molecule has 0 aromatic heterocycles. The molecule has 0 heterocycles. The molecule has 0 bridgehead atoms. The van der Waals surface area contributed by atoms with E-state index in [2.05, 4.69) is 193 Å². The van der Waals surface area contributed by atoms with Gasteiger partial charge in [0.25, 0.3) is 0 Å². The molecule has 0 aliphatic carbocycles. The van der Waals surface area contributed by atoms with Crippen LogP contribution in [0.3, 0.4) is 0 Å². The van der Waals surface area contributed by atoms with Crippen LogP contribution in [-0.4, -0.2) is 18.5 Å². The highest BCUT2D eigenvalue weighted by atomic mass is 16.5. The molecule has 0 saturated heterocycles. The molecule has 0 fully saturated rings. The van der Waals surface area contributed by atoms with Crippen molar-refractivity contribution in [2.45, 2.75) is 177 Å². The molecular formula is C70H88N2O4. The van der Waals surface area contributed by atoms with Crippen LogP contribution in [0.5, 0.6) is 0 Å². The summed E-state index contributed by atoms with van der Waals surface area (Å²) < 4.78 is 11.1. The van der Waals surface area contributed by atoms with Crippen LogP contribution in [-0.2, 0) is 38.3 Å². The second kappa shape index (κ2) is 30.8. The summed E-state index contributed by atoms with van der Waals surface area (Å²) in [6, 6.07) is 45.1. The highest BCUT2D eigenvalue weighted by Crippen LogP contribution is 2.41. The molecule has 0 aliphatic heterocycles. The number of esters is 2. The largest absolute Gasteiger partial charge is 0.463 e. The first-order valence-corrected chi connectivity index (χ1v) is 28.8. The van der Waals surface area contributed by atoms with Gasteiger partial charge in [0.2, 0.25) is 0 Å². The third-order valence-electron chi connectivity index (χ3n) is 15.0. The summed E-state index contributed by atoms with van der Waals surface area (Å²) in [4.78, 5) is 28.6. The maximum Gasteiger partial charge on any atom is 0.330 e. The van der Waals surface area contributed by atoms with Gasteiger partial charge in [-0.05, 0) is 214 Å². The van der Waals surface area contributed by atoms with Crippen LogP contribution in [0.25, 0.3) is 11.1 Å². The van der Waals surface area contributed by atoms with Crippen molar-refractivity contribution in [3.8, 4) is 11.1 Å². The van der Waals surface area contributed by atoms with Gasteiger partial charge < -0.3 is 19.3 Å². The molecule has 0 amide bonds. The number of hydrogen-bond acceptors (Lipinski definition) is 6. The van der Waals surface area contributed by atoms with Gasteiger partial charge >= 0.3 is 11.9 Å². The molecule has 6 rings (SSSR count). The van der Waals surface area contributed by atoms with E-state index in [0.717, 1.165) is 116 Å². The lowest BCUT2D eigenvalue weighted by molar-refractivity contribution is -0.143. The van der Waals surface area contributed by atoms with Gasteiger partial charge in [-0.25, -0.2) is 9.59 Å². The Hall–Kier alpha value is -6.66. The van der Waals surface area contributed by atoms with Crippen LogP contribution >= 0.6 is 0 Å². The Kier molecular flexibility index (Phi) is 23.7. The molecule has 0 spiro atoms. The van der Waals surface area contributed by atoms with Crippen LogP contribution in [0, 0.1) is 27.7 Å². The normalized spacial score (nSPS) is 11.5. The van der Waals surface area contributed by atoms with E-state index in [1.54, 1.807) is 0 Å². The number of benzene rings is 6. The molecular weight excluding hydrogens is 933 g/mol. The predicted octanol–water partition coefficient (Wildman–Crippen LogP) is 20.0. The van der Waals surface area contributed by atoms with Gasteiger partial charge in [0, 0.05) is 46.3 Å². The van der Waals surface area contributed by atoms with E-state index in [1.807, 2.05) is 0 Å². The molecule has 0 N–H and O–H groups in total. The third-order valence-corrected chi connectivity index (χ3v) is 15.0. The van der Waals surface area contributed by atoms with Crippen LogP contribution < -0.4 is 9.80 Å². The predicted molar refractivity (Wildman–Crippen MR) is 322 cm³/mol. The van der Waals surface area contributed by atoms with Crippen LogP contribution in [0.4, 0.5) is 34.1 Å². The fourth-order valence-electron chi connectivity index (χ4n) is 10.7. The Morgan fingerprint density at radius 2 is 0.829 bits per heavy atom. The Balaban J connectivity index is 1.29. The van der Waals surface area contributed by atoms with E-state index in [1.165, 1.54) is 108 Å². The summed E-state index contributed by atoms with van der Waals surface area (Å²) in [5, 5.41) is 0. The molecule has 6 heteroatoms. The van der Waals surface area contributed by atoms with E-state index in [-0.39, 0.29) is 12.1 Å². The van der Waals surface area contributed by atoms with Gasteiger partial charge in [-0.1, -0.05) is 147 Å². The molecule has 0 radical (unpaired) electrons. The van der Waals surface area contributed by atoms with Gasteiger partial charge in [-0.15, -0.1) is 0 Å². The summed E-state index contributed by atoms with van der Waals surface area (Å²) in [6.45, 7) is 23.4. The van der Waals surface area contributed by atoms with Crippen molar-refractivity contribution in [3.63, 3.8) is 0 Å². The van der Waals surface area contributed by atoms with Crippen molar-refractivity contribution >= 4 is 46.1 Å². The number of unbranched alkanes of at least 4 members (excludes halogenated alkanes) is 11. The molecule has 402 valence electrons. The van der Waals surface area contributed by atoms with Gasteiger partial charge in [-0.3, -0.25) is 0 Å². The number of hydrogen-bond donors (Lipinski definition) is 0. The summed E-state index contributed by atoms with van der Waals surface area (Å²) in [5.41, 5.74) is 19.5. The van der Waals surface area contributed by atoms with E-state index < -0.39 is 5.97 Å². The van der Waals surface area contributed by atoms with Crippen molar-refractivity contribution < 1.29 is 19.1 Å². The number of carbonyl (C=O) groups is 2. The molecule has 1 atom stereocenters. The second-order valence-electron chi connectivity index (χ2n) is 20.9. The van der Waals surface area contributed by atoms with Gasteiger partial charge in [0.1, 0.15) is 6.10 Å². The second-order valence-corrected chi connectivity index (χ2v) is 20.9. The van der Waals surface area contributed by atoms with Crippen molar-refractivity contribution in [2.75, 3.05) is 16.4 Å². The number of nitrogens with zero attached hydrogens (tertiary/aromatic N) is 2. The van der Waals surface area contributed by atoms with Crippen LogP contribution in [0.15, 0.2) is 147 Å². The maximum atomic E-state index is 12.5. The summed E-state index contributed by atoms with van der Waals surface area (Å²) in [7, 11) is 0. The van der Waals surface area contributed by atoms with Gasteiger partial charge in [0.05, 0.1) is 6.61 Å². The zero-order valence-electron chi connectivity index (χ0n) is 47.4. The topological polar surface area (TPSA) is 59.1 Å². The highest BCUT2D eigenvalue weighted by Gasteiger charge is 2.21. The molecule has 0 saturated carbocycles. The number of aryl methyl sites for hydroxylation is 5. The van der Waals surface area contributed by atoms with E-state index in [0.29, 0.717) is 6.61 Å². The average molecular weight is 1020 g/mol.